The number of rotatable bonds is 17. The molecule has 40 heavy (non-hydrogen) atoms. The van der Waals surface area contributed by atoms with E-state index in [0.29, 0.717) is 50.1 Å². The van der Waals surface area contributed by atoms with Crippen LogP contribution in [0.3, 0.4) is 0 Å². The lowest BCUT2D eigenvalue weighted by molar-refractivity contribution is -0.122. The van der Waals surface area contributed by atoms with Crippen molar-refractivity contribution in [2.45, 2.75) is 109 Å². The number of carbonyl (C=O) groups is 4. The number of likely N-dealkylation sites (tertiary alicyclic amines) is 2. The van der Waals surface area contributed by atoms with Crippen LogP contribution in [0.15, 0.2) is 24.3 Å². The summed E-state index contributed by atoms with van der Waals surface area (Å²) in [7, 11) is 0. The molecule has 3 rings (SSSR count). The first kappa shape index (κ1) is 31.6. The molecule has 2 fully saturated rings. The fourth-order valence-electron chi connectivity index (χ4n) is 5.79. The summed E-state index contributed by atoms with van der Waals surface area (Å²) in [6.07, 6.45) is 17.2. The zero-order valence-electron chi connectivity index (χ0n) is 24.5. The lowest BCUT2D eigenvalue weighted by atomic mass is 10.0. The predicted octanol–water partition coefficient (Wildman–Crippen LogP) is 5.06. The van der Waals surface area contributed by atoms with Crippen LogP contribution < -0.4 is 11.1 Å². The molecule has 0 saturated carbocycles. The van der Waals surface area contributed by atoms with Crippen LogP contribution in [0.2, 0.25) is 0 Å². The first-order chi connectivity index (χ1) is 19.4. The van der Waals surface area contributed by atoms with Gasteiger partial charge in [0, 0.05) is 49.8 Å². The van der Waals surface area contributed by atoms with E-state index in [-0.39, 0.29) is 35.6 Å². The van der Waals surface area contributed by atoms with E-state index in [0.717, 1.165) is 19.3 Å². The lowest BCUT2D eigenvalue weighted by Crippen LogP contribution is -2.38. The van der Waals surface area contributed by atoms with Crippen molar-refractivity contribution in [1.82, 2.24) is 15.1 Å². The number of hydrogen-bond donors (Lipinski definition) is 2. The van der Waals surface area contributed by atoms with E-state index in [1.54, 1.807) is 34.1 Å². The van der Waals surface area contributed by atoms with Gasteiger partial charge in [-0.15, -0.1) is 0 Å². The monoisotopic (exact) mass is 554 g/mol. The number of nitrogens with zero attached hydrogens (tertiary/aromatic N) is 2. The molecule has 2 aliphatic heterocycles. The Labute approximate surface area is 240 Å². The number of nitrogens with one attached hydrogen (secondary N) is 1. The molecule has 0 aromatic heterocycles. The van der Waals surface area contributed by atoms with Gasteiger partial charge in [0.25, 0.3) is 11.8 Å². The average molecular weight is 555 g/mol. The number of carbonyl (C=O) groups excluding carboxylic acids is 4. The molecule has 8 nitrogen and oxygen atoms in total. The molecule has 8 heteroatoms. The second kappa shape index (κ2) is 17.0. The smallest absolute Gasteiger partial charge is 0.253 e. The SMILES string of the molecule is CCCCCCCCCCCCCCC(=O)N[C@H]1CCN(C(=O)c2ccc(C(=O)N3CC[C@H](C(N)=O)C3)cc2)C1. The normalized spacial score (nSPS) is 18.7. The van der Waals surface area contributed by atoms with Gasteiger partial charge in [0.2, 0.25) is 11.8 Å². The molecule has 0 radical (unpaired) electrons. The molecule has 2 saturated heterocycles. The number of benzene rings is 1. The Morgan fingerprint density at radius 3 is 1.70 bits per heavy atom. The molecule has 1 aromatic carbocycles. The van der Waals surface area contributed by atoms with Crippen molar-refractivity contribution in [2.75, 3.05) is 26.2 Å². The topological polar surface area (TPSA) is 113 Å². The van der Waals surface area contributed by atoms with Crippen molar-refractivity contribution in [3.63, 3.8) is 0 Å². The standard InChI is InChI=1S/C32H50N4O4/c1-2-3-4-5-6-7-8-9-10-11-12-13-14-29(37)34-28-20-22-36(24-28)32(40)26-17-15-25(16-18-26)31(39)35-21-19-27(23-35)30(33)38/h15-18,27-28H,2-14,19-24H2,1H3,(H2,33,38)(H,34,37)/t27-,28-/m0/s1. The maximum Gasteiger partial charge on any atom is 0.253 e. The van der Waals surface area contributed by atoms with E-state index in [4.69, 9.17) is 5.73 Å². The van der Waals surface area contributed by atoms with Crippen molar-refractivity contribution >= 4 is 23.6 Å². The third-order valence-electron chi connectivity index (χ3n) is 8.35. The molecule has 1 aromatic rings. The summed E-state index contributed by atoms with van der Waals surface area (Å²) in [5.74, 6) is -0.833. The van der Waals surface area contributed by atoms with Crippen molar-refractivity contribution in [3.8, 4) is 0 Å². The molecule has 0 unspecified atom stereocenters. The summed E-state index contributed by atoms with van der Waals surface area (Å²) in [5, 5.41) is 3.11. The van der Waals surface area contributed by atoms with Gasteiger partial charge in [0.05, 0.1) is 5.92 Å². The molecule has 222 valence electrons. The van der Waals surface area contributed by atoms with Crippen LogP contribution in [0.5, 0.6) is 0 Å². The number of hydrogen-bond acceptors (Lipinski definition) is 4. The van der Waals surface area contributed by atoms with Gasteiger partial charge in [0.1, 0.15) is 0 Å². The Bertz CT molecular complexity index is 964. The maximum atomic E-state index is 13.0. The highest BCUT2D eigenvalue weighted by Gasteiger charge is 2.31. The summed E-state index contributed by atoms with van der Waals surface area (Å²) in [4.78, 5) is 52.9. The van der Waals surface area contributed by atoms with Gasteiger partial charge in [-0.1, -0.05) is 77.6 Å². The first-order valence-corrected chi connectivity index (χ1v) is 15.7. The van der Waals surface area contributed by atoms with Crippen molar-refractivity contribution in [2.24, 2.45) is 11.7 Å². The molecule has 3 N–H and O–H groups in total. The van der Waals surface area contributed by atoms with Crippen LogP contribution in [-0.4, -0.2) is 65.6 Å². The van der Waals surface area contributed by atoms with Gasteiger partial charge in [-0.05, 0) is 43.5 Å². The van der Waals surface area contributed by atoms with Gasteiger partial charge in [-0.3, -0.25) is 19.2 Å². The van der Waals surface area contributed by atoms with Crippen LogP contribution in [0.4, 0.5) is 0 Å². The van der Waals surface area contributed by atoms with Crippen LogP contribution in [0.1, 0.15) is 124 Å². The predicted molar refractivity (Wildman–Crippen MR) is 158 cm³/mol. The van der Waals surface area contributed by atoms with Crippen LogP contribution in [0.25, 0.3) is 0 Å². The molecule has 0 aliphatic carbocycles. The minimum absolute atomic E-state index is 0.0111. The van der Waals surface area contributed by atoms with E-state index in [1.807, 2.05) is 0 Å². The summed E-state index contributed by atoms with van der Waals surface area (Å²) in [6.45, 7) is 4.21. The molecular formula is C32H50N4O4. The molecule has 0 spiro atoms. The zero-order chi connectivity index (χ0) is 28.7. The second-order valence-corrected chi connectivity index (χ2v) is 11.7. The summed E-state index contributed by atoms with van der Waals surface area (Å²) in [5.41, 5.74) is 6.38. The molecule has 2 atom stereocenters. The second-order valence-electron chi connectivity index (χ2n) is 11.7. The first-order valence-electron chi connectivity index (χ1n) is 15.7. The molecule has 0 bridgehead atoms. The Kier molecular flexibility index (Phi) is 13.5. The Morgan fingerprint density at radius 2 is 1.20 bits per heavy atom. The van der Waals surface area contributed by atoms with Crippen LogP contribution >= 0.6 is 0 Å². The van der Waals surface area contributed by atoms with E-state index < -0.39 is 0 Å². The average Bonchev–Trinajstić information content (AvgIpc) is 3.63. The molecule has 4 amide bonds. The van der Waals surface area contributed by atoms with Crippen molar-refractivity contribution < 1.29 is 19.2 Å². The molecule has 2 heterocycles. The third kappa shape index (κ3) is 10.3. The summed E-state index contributed by atoms with van der Waals surface area (Å²) in [6, 6.07) is 6.67. The highest BCUT2D eigenvalue weighted by Crippen LogP contribution is 2.20. The highest BCUT2D eigenvalue weighted by molar-refractivity contribution is 5.98. The Morgan fingerprint density at radius 1 is 0.725 bits per heavy atom. The van der Waals surface area contributed by atoms with Crippen molar-refractivity contribution in [1.29, 1.82) is 0 Å². The van der Waals surface area contributed by atoms with Gasteiger partial charge in [0.15, 0.2) is 0 Å². The number of unbranched alkanes of at least 4 members (excludes halogenated alkanes) is 11. The molecular weight excluding hydrogens is 504 g/mol. The van der Waals surface area contributed by atoms with E-state index in [2.05, 4.69) is 12.2 Å². The number of amides is 4. The van der Waals surface area contributed by atoms with Crippen LogP contribution in [0, 0.1) is 5.92 Å². The largest absolute Gasteiger partial charge is 0.369 e. The number of primary amides is 1. The zero-order valence-corrected chi connectivity index (χ0v) is 24.5. The quantitative estimate of drug-likeness (QED) is 0.262. The van der Waals surface area contributed by atoms with E-state index >= 15 is 0 Å². The van der Waals surface area contributed by atoms with Crippen molar-refractivity contribution in [3.05, 3.63) is 35.4 Å². The minimum Gasteiger partial charge on any atom is -0.369 e. The fraction of sp³-hybridized carbons (Fsp3) is 0.688. The van der Waals surface area contributed by atoms with Gasteiger partial charge >= 0.3 is 0 Å². The Hall–Kier alpha value is -2.90. The van der Waals surface area contributed by atoms with E-state index in [9.17, 15) is 19.2 Å². The molecule has 2 aliphatic rings. The number of nitrogens with two attached hydrogens (primary N) is 1. The van der Waals surface area contributed by atoms with Gasteiger partial charge in [-0.25, -0.2) is 0 Å². The summed E-state index contributed by atoms with van der Waals surface area (Å²) >= 11 is 0. The lowest BCUT2D eigenvalue weighted by Gasteiger charge is -2.18. The van der Waals surface area contributed by atoms with Gasteiger partial charge in [-0.2, -0.15) is 0 Å². The highest BCUT2D eigenvalue weighted by atomic mass is 16.2. The van der Waals surface area contributed by atoms with Gasteiger partial charge < -0.3 is 20.9 Å². The van der Waals surface area contributed by atoms with E-state index in [1.165, 1.54) is 64.2 Å². The summed E-state index contributed by atoms with van der Waals surface area (Å²) < 4.78 is 0. The van der Waals surface area contributed by atoms with Crippen LogP contribution in [-0.2, 0) is 9.59 Å². The maximum absolute atomic E-state index is 13.0. The fourth-order valence-corrected chi connectivity index (χ4v) is 5.79. The Balaban J connectivity index is 1.27. The third-order valence-corrected chi connectivity index (χ3v) is 8.35. The minimum atomic E-state index is -0.374.